The molecule has 0 fully saturated rings. The van der Waals surface area contributed by atoms with Crippen molar-refractivity contribution in [2.45, 2.75) is 32.9 Å². The fourth-order valence-corrected chi connectivity index (χ4v) is 2.68. The van der Waals surface area contributed by atoms with Crippen LogP contribution in [0.4, 0.5) is 4.79 Å². The average Bonchev–Trinajstić information content (AvgIpc) is 3.21. The quantitative estimate of drug-likeness (QED) is 0.562. The van der Waals surface area contributed by atoms with Crippen molar-refractivity contribution in [2.24, 2.45) is 0 Å². The number of benzene rings is 2. The highest BCUT2D eigenvalue weighted by molar-refractivity contribution is 5.97. The van der Waals surface area contributed by atoms with Crippen molar-refractivity contribution in [3.63, 3.8) is 0 Å². The van der Waals surface area contributed by atoms with Crippen LogP contribution in [0.15, 0.2) is 73.1 Å². The summed E-state index contributed by atoms with van der Waals surface area (Å²) in [5.41, 5.74) is 1.97. The summed E-state index contributed by atoms with van der Waals surface area (Å²) in [5, 5.41) is 2.63. The lowest BCUT2D eigenvalue weighted by Gasteiger charge is -2.14. The van der Waals surface area contributed by atoms with E-state index in [2.05, 4.69) is 10.3 Å². The monoisotopic (exact) mass is 393 g/mol. The Kier molecular flexibility index (Phi) is 7.13. The van der Waals surface area contributed by atoms with E-state index >= 15 is 0 Å². The Morgan fingerprint density at radius 1 is 1.03 bits per heavy atom. The molecule has 0 saturated carbocycles. The van der Waals surface area contributed by atoms with E-state index in [9.17, 15) is 9.59 Å². The Morgan fingerprint density at radius 3 is 2.38 bits per heavy atom. The lowest BCUT2D eigenvalue weighted by molar-refractivity contribution is 0.0537. The number of imidazole rings is 1. The van der Waals surface area contributed by atoms with Gasteiger partial charge in [0, 0.05) is 18.9 Å². The van der Waals surface area contributed by atoms with Crippen molar-refractivity contribution in [3.05, 3.63) is 90.0 Å². The molecule has 0 aliphatic rings. The molecule has 0 spiro atoms. The molecule has 1 heterocycles. The zero-order valence-corrected chi connectivity index (χ0v) is 16.2. The number of hydrogen-bond acceptors (Lipinski definition) is 5. The summed E-state index contributed by atoms with van der Waals surface area (Å²) >= 11 is 0. The molecule has 0 aliphatic carbocycles. The van der Waals surface area contributed by atoms with Gasteiger partial charge in [0.2, 0.25) is 5.78 Å². The second-order valence-corrected chi connectivity index (χ2v) is 6.43. The molecular weight excluding hydrogens is 370 g/mol. The van der Waals surface area contributed by atoms with Gasteiger partial charge in [0.25, 0.3) is 0 Å². The zero-order chi connectivity index (χ0) is 20.5. The molecule has 0 unspecified atom stereocenters. The van der Waals surface area contributed by atoms with Gasteiger partial charge < -0.3 is 19.4 Å². The largest absolute Gasteiger partial charge is 0.438 e. The van der Waals surface area contributed by atoms with Crippen LogP contribution in [0, 0.1) is 0 Å². The summed E-state index contributed by atoms with van der Waals surface area (Å²) in [6, 6.07) is 19.2. The minimum atomic E-state index is -0.971. The van der Waals surface area contributed by atoms with Crippen LogP contribution in [-0.4, -0.2) is 27.5 Å². The van der Waals surface area contributed by atoms with Crippen LogP contribution < -0.4 is 5.32 Å². The van der Waals surface area contributed by atoms with Gasteiger partial charge >= 0.3 is 6.09 Å². The minimum absolute atomic E-state index is 0.170. The number of ketones is 1. The average molecular weight is 393 g/mol. The van der Waals surface area contributed by atoms with E-state index < -0.39 is 18.0 Å². The number of nitrogens with zero attached hydrogens (tertiary/aromatic N) is 2. The number of Topliss-reactive ketones (excluding diaryl/α,β-unsaturated/α-hetero) is 1. The number of ether oxygens (including phenoxy) is 2. The molecule has 1 aromatic heterocycles. The lowest BCUT2D eigenvalue weighted by Crippen LogP contribution is -2.32. The second kappa shape index (κ2) is 10.2. The lowest BCUT2D eigenvalue weighted by atomic mass is 10.2. The summed E-state index contributed by atoms with van der Waals surface area (Å²) < 4.78 is 12.4. The molecule has 3 rings (SSSR count). The van der Waals surface area contributed by atoms with Crippen molar-refractivity contribution in [1.29, 1.82) is 0 Å². The highest BCUT2D eigenvalue weighted by atomic mass is 16.6. The molecular formula is C22H23N3O4. The molecule has 1 atom stereocenters. The van der Waals surface area contributed by atoms with Crippen LogP contribution in [0.2, 0.25) is 0 Å². The number of aromatic nitrogens is 2. The third-order valence-corrected chi connectivity index (χ3v) is 4.21. The molecule has 2 aromatic carbocycles. The highest BCUT2D eigenvalue weighted by Gasteiger charge is 2.23. The Balaban J connectivity index is 1.49. The Labute approximate surface area is 169 Å². The molecule has 0 bridgehead atoms. The Bertz CT molecular complexity index is 926. The Hall–Kier alpha value is -3.45. The van der Waals surface area contributed by atoms with Crippen molar-refractivity contribution in [2.75, 3.05) is 0 Å². The van der Waals surface area contributed by atoms with Crippen molar-refractivity contribution in [3.8, 4) is 0 Å². The Morgan fingerprint density at radius 2 is 1.69 bits per heavy atom. The van der Waals surface area contributed by atoms with E-state index in [-0.39, 0.29) is 12.6 Å². The van der Waals surface area contributed by atoms with Crippen molar-refractivity contribution in [1.82, 2.24) is 14.9 Å². The summed E-state index contributed by atoms with van der Waals surface area (Å²) in [6.45, 7) is 2.43. The first kappa shape index (κ1) is 20.3. The van der Waals surface area contributed by atoms with Gasteiger partial charge in [-0.25, -0.2) is 9.78 Å². The maximum atomic E-state index is 12.6. The molecule has 0 aliphatic heterocycles. The number of amides is 1. The van der Waals surface area contributed by atoms with Gasteiger partial charge in [-0.2, -0.15) is 0 Å². The first-order valence-electron chi connectivity index (χ1n) is 9.29. The van der Waals surface area contributed by atoms with Crippen molar-refractivity contribution < 1.29 is 19.1 Å². The zero-order valence-electron chi connectivity index (χ0n) is 16.2. The fraction of sp³-hybridized carbons (Fsp3) is 0.227. The summed E-state index contributed by atoms with van der Waals surface area (Å²) in [5.74, 6) is -0.213. The van der Waals surface area contributed by atoms with Gasteiger partial charge in [-0.05, 0) is 18.1 Å². The minimum Gasteiger partial charge on any atom is -0.438 e. The van der Waals surface area contributed by atoms with E-state index in [1.807, 2.05) is 60.7 Å². The second-order valence-electron chi connectivity index (χ2n) is 6.43. The van der Waals surface area contributed by atoms with Gasteiger partial charge in [0.1, 0.15) is 6.73 Å². The maximum absolute atomic E-state index is 12.6. The van der Waals surface area contributed by atoms with Gasteiger partial charge in [0.15, 0.2) is 11.9 Å². The molecule has 150 valence electrons. The third-order valence-electron chi connectivity index (χ3n) is 4.21. The number of nitrogens with one attached hydrogen (secondary N) is 1. The summed E-state index contributed by atoms with van der Waals surface area (Å²) in [6.07, 6.45) is 1.54. The summed E-state index contributed by atoms with van der Waals surface area (Å²) in [4.78, 5) is 28.7. The van der Waals surface area contributed by atoms with E-state index in [0.29, 0.717) is 13.2 Å². The van der Waals surface area contributed by atoms with Crippen LogP contribution in [0.5, 0.6) is 0 Å². The number of carbonyl (C=O) groups is 2. The van der Waals surface area contributed by atoms with Gasteiger partial charge in [0.05, 0.1) is 6.61 Å². The van der Waals surface area contributed by atoms with E-state index in [1.165, 1.54) is 13.1 Å². The van der Waals surface area contributed by atoms with E-state index in [4.69, 9.17) is 9.47 Å². The number of alkyl carbamates (subject to hydrolysis) is 1. The maximum Gasteiger partial charge on any atom is 0.408 e. The molecule has 0 radical (unpaired) electrons. The van der Waals surface area contributed by atoms with Crippen LogP contribution in [0.3, 0.4) is 0 Å². The highest BCUT2D eigenvalue weighted by Crippen LogP contribution is 2.08. The van der Waals surface area contributed by atoms with Crippen LogP contribution in [-0.2, 0) is 29.4 Å². The predicted molar refractivity (Wildman–Crippen MR) is 107 cm³/mol. The van der Waals surface area contributed by atoms with Gasteiger partial charge in [-0.15, -0.1) is 0 Å². The molecule has 1 amide bonds. The number of carbonyl (C=O) groups excluding carboxylic acids is 2. The third kappa shape index (κ3) is 6.02. The van der Waals surface area contributed by atoms with E-state index in [1.54, 1.807) is 10.8 Å². The SMILES string of the molecule is C[C@H](OC(=O)NCc1ccccc1)C(=O)c1nccn1COCc1ccccc1. The van der Waals surface area contributed by atoms with Crippen LogP contribution in [0.1, 0.15) is 28.7 Å². The van der Waals surface area contributed by atoms with Crippen LogP contribution in [0.25, 0.3) is 0 Å². The number of hydrogen-bond donors (Lipinski definition) is 1. The molecule has 29 heavy (non-hydrogen) atoms. The molecule has 7 heteroatoms. The van der Waals surface area contributed by atoms with Crippen LogP contribution >= 0.6 is 0 Å². The standard InChI is InChI=1S/C22H23N3O4/c1-17(29-22(27)24-14-18-8-4-2-5-9-18)20(26)21-23-12-13-25(21)16-28-15-19-10-6-3-7-11-19/h2-13,17H,14-16H2,1H3,(H,24,27)/t17-/m0/s1. The molecule has 3 aromatic rings. The van der Waals surface area contributed by atoms with Gasteiger partial charge in [-0.3, -0.25) is 4.79 Å². The van der Waals surface area contributed by atoms with Crippen molar-refractivity contribution >= 4 is 11.9 Å². The van der Waals surface area contributed by atoms with E-state index in [0.717, 1.165) is 11.1 Å². The first-order chi connectivity index (χ1) is 14.1. The number of rotatable bonds is 9. The molecule has 7 nitrogen and oxygen atoms in total. The van der Waals surface area contributed by atoms with Gasteiger partial charge in [-0.1, -0.05) is 60.7 Å². The topological polar surface area (TPSA) is 82.5 Å². The fourth-order valence-electron chi connectivity index (χ4n) is 2.68. The normalized spacial score (nSPS) is 11.6. The first-order valence-corrected chi connectivity index (χ1v) is 9.29. The smallest absolute Gasteiger partial charge is 0.408 e. The molecule has 1 N–H and O–H groups in total. The molecule has 0 saturated heterocycles. The predicted octanol–water partition coefficient (Wildman–Crippen LogP) is 3.56. The summed E-state index contributed by atoms with van der Waals surface area (Å²) in [7, 11) is 0.